The highest BCUT2D eigenvalue weighted by Gasteiger charge is 2.25. The number of aromatic nitrogens is 1. The maximum Gasteiger partial charge on any atom is 0.224 e. The van der Waals surface area contributed by atoms with Gasteiger partial charge in [-0.15, -0.1) is 11.8 Å². The molecule has 4 rings (SSSR count). The molecule has 0 bridgehead atoms. The summed E-state index contributed by atoms with van der Waals surface area (Å²) < 4.78 is 14.1. The Morgan fingerprint density at radius 1 is 1.10 bits per heavy atom. The van der Waals surface area contributed by atoms with Gasteiger partial charge >= 0.3 is 0 Å². The summed E-state index contributed by atoms with van der Waals surface area (Å²) in [5.74, 6) is -0.413. The van der Waals surface area contributed by atoms with Crippen molar-refractivity contribution < 1.29 is 9.18 Å². The van der Waals surface area contributed by atoms with Gasteiger partial charge in [0.15, 0.2) is 0 Å². The van der Waals surface area contributed by atoms with E-state index in [0.717, 1.165) is 39.1 Å². The van der Waals surface area contributed by atoms with E-state index < -0.39 is 0 Å². The minimum absolute atomic E-state index is 0.110. The molecule has 0 unspecified atom stereocenters. The number of fused-ring (bicyclic) bond motifs is 1. The standard InChI is InChI=1S/C26H23FN2OS/c1-17-23(13-18-6-9-21(31-2)10-7-18)22-11-8-19(27)14-25(22)24(17)15-26(30)29-16-20-5-3-4-12-28-20/h3-14H,15-16H2,1-2H3,(H,29,30)/b23-13-. The zero-order valence-electron chi connectivity index (χ0n) is 17.5. The Hall–Kier alpha value is -3.18. The van der Waals surface area contributed by atoms with Crippen LogP contribution in [0.5, 0.6) is 0 Å². The molecule has 0 fully saturated rings. The summed E-state index contributed by atoms with van der Waals surface area (Å²) in [6, 6.07) is 18.7. The van der Waals surface area contributed by atoms with Gasteiger partial charge in [0.2, 0.25) is 5.91 Å². The number of hydrogen-bond donors (Lipinski definition) is 1. The van der Waals surface area contributed by atoms with Crippen LogP contribution in [0.1, 0.15) is 35.7 Å². The lowest BCUT2D eigenvalue weighted by atomic mass is 10.0. The minimum atomic E-state index is -0.302. The van der Waals surface area contributed by atoms with Gasteiger partial charge in [-0.05, 0) is 89.1 Å². The van der Waals surface area contributed by atoms with Gasteiger partial charge in [0.05, 0.1) is 18.7 Å². The molecule has 1 N–H and O–H groups in total. The van der Waals surface area contributed by atoms with Crippen molar-refractivity contribution in [2.45, 2.75) is 24.8 Å². The number of nitrogens with one attached hydrogen (secondary N) is 1. The first-order valence-electron chi connectivity index (χ1n) is 10.1. The van der Waals surface area contributed by atoms with Crippen LogP contribution in [-0.2, 0) is 11.3 Å². The molecule has 5 heteroatoms. The monoisotopic (exact) mass is 430 g/mol. The van der Waals surface area contributed by atoms with Gasteiger partial charge < -0.3 is 5.32 Å². The number of amides is 1. The van der Waals surface area contributed by atoms with Crippen molar-refractivity contribution in [3.8, 4) is 0 Å². The number of rotatable bonds is 6. The number of nitrogens with zero attached hydrogens (tertiary/aromatic N) is 1. The highest BCUT2D eigenvalue weighted by molar-refractivity contribution is 7.98. The first kappa shape index (κ1) is 21.1. The minimum Gasteiger partial charge on any atom is -0.350 e. The molecule has 1 amide bonds. The predicted octanol–water partition coefficient (Wildman–Crippen LogP) is 5.98. The summed E-state index contributed by atoms with van der Waals surface area (Å²) in [7, 11) is 0. The molecule has 0 radical (unpaired) electrons. The summed E-state index contributed by atoms with van der Waals surface area (Å²) in [5.41, 5.74) is 6.51. The van der Waals surface area contributed by atoms with Crippen LogP contribution in [-0.4, -0.2) is 17.1 Å². The Morgan fingerprint density at radius 3 is 2.61 bits per heavy atom. The summed E-state index contributed by atoms with van der Waals surface area (Å²) in [5, 5.41) is 2.92. The number of halogens is 1. The molecule has 1 heterocycles. The Bertz CT molecular complexity index is 1170. The molecule has 0 saturated heterocycles. The zero-order chi connectivity index (χ0) is 21.8. The Labute approximate surface area is 186 Å². The molecular weight excluding hydrogens is 407 g/mol. The number of benzene rings is 2. The average Bonchev–Trinajstić information content (AvgIpc) is 3.04. The second-order valence-electron chi connectivity index (χ2n) is 7.40. The summed E-state index contributed by atoms with van der Waals surface area (Å²) >= 11 is 1.70. The zero-order valence-corrected chi connectivity index (χ0v) is 18.3. The largest absolute Gasteiger partial charge is 0.350 e. The van der Waals surface area contributed by atoms with Crippen LogP contribution in [0.2, 0.25) is 0 Å². The molecule has 0 saturated carbocycles. The van der Waals surface area contributed by atoms with Crippen molar-refractivity contribution in [2.75, 3.05) is 6.26 Å². The van der Waals surface area contributed by atoms with Gasteiger partial charge in [-0.2, -0.15) is 0 Å². The molecule has 0 aliphatic heterocycles. The van der Waals surface area contributed by atoms with E-state index in [4.69, 9.17) is 0 Å². The van der Waals surface area contributed by atoms with Crippen LogP contribution in [0.15, 0.2) is 77.3 Å². The molecular formula is C26H23FN2OS. The quantitative estimate of drug-likeness (QED) is 0.490. The van der Waals surface area contributed by atoms with Crippen LogP contribution >= 0.6 is 11.8 Å². The van der Waals surface area contributed by atoms with Gasteiger partial charge in [0.1, 0.15) is 5.82 Å². The van der Waals surface area contributed by atoms with Crippen molar-refractivity contribution in [1.29, 1.82) is 0 Å². The summed E-state index contributed by atoms with van der Waals surface area (Å²) in [4.78, 5) is 18.1. The summed E-state index contributed by atoms with van der Waals surface area (Å²) in [6.45, 7) is 2.37. The lowest BCUT2D eigenvalue weighted by Gasteiger charge is -2.08. The van der Waals surface area contributed by atoms with E-state index >= 15 is 0 Å². The molecule has 3 aromatic rings. The smallest absolute Gasteiger partial charge is 0.224 e. The van der Waals surface area contributed by atoms with Gasteiger partial charge in [-0.3, -0.25) is 9.78 Å². The number of carbonyl (C=O) groups excluding carboxylic acids is 1. The number of carbonyl (C=O) groups is 1. The number of allylic oxidation sites excluding steroid dienone is 2. The molecule has 2 aromatic carbocycles. The third-order valence-electron chi connectivity index (χ3n) is 5.41. The summed E-state index contributed by atoms with van der Waals surface area (Å²) in [6.07, 6.45) is 6.05. The number of hydrogen-bond acceptors (Lipinski definition) is 3. The highest BCUT2D eigenvalue weighted by Crippen LogP contribution is 2.43. The van der Waals surface area contributed by atoms with Crippen LogP contribution in [0.4, 0.5) is 4.39 Å². The Balaban J connectivity index is 1.61. The van der Waals surface area contributed by atoms with Crippen LogP contribution in [0.25, 0.3) is 17.2 Å². The fourth-order valence-electron chi connectivity index (χ4n) is 3.76. The van der Waals surface area contributed by atoms with Crippen LogP contribution in [0.3, 0.4) is 0 Å². The van der Waals surface area contributed by atoms with Gasteiger partial charge in [0.25, 0.3) is 0 Å². The number of pyridine rings is 1. The topological polar surface area (TPSA) is 42.0 Å². The maximum atomic E-state index is 14.1. The van der Waals surface area contributed by atoms with Gasteiger partial charge in [0, 0.05) is 11.1 Å². The highest BCUT2D eigenvalue weighted by atomic mass is 32.2. The molecule has 1 aromatic heterocycles. The maximum absolute atomic E-state index is 14.1. The van der Waals surface area contributed by atoms with E-state index in [1.807, 2.05) is 31.4 Å². The van der Waals surface area contributed by atoms with Crippen LogP contribution < -0.4 is 5.32 Å². The normalized spacial score (nSPS) is 14.1. The molecule has 1 aliphatic rings. The first-order chi connectivity index (χ1) is 15.0. The lowest BCUT2D eigenvalue weighted by Crippen LogP contribution is -2.23. The third kappa shape index (κ3) is 4.78. The van der Waals surface area contributed by atoms with Crippen molar-refractivity contribution in [2.24, 2.45) is 0 Å². The fraction of sp³-hybridized carbons (Fsp3) is 0.154. The second kappa shape index (κ2) is 9.31. The second-order valence-corrected chi connectivity index (χ2v) is 8.28. The molecule has 156 valence electrons. The molecule has 0 spiro atoms. The average molecular weight is 431 g/mol. The van der Waals surface area contributed by atoms with Gasteiger partial charge in [-0.25, -0.2) is 4.39 Å². The molecule has 0 atom stereocenters. The van der Waals surface area contributed by atoms with Gasteiger partial charge in [-0.1, -0.05) is 24.3 Å². The van der Waals surface area contributed by atoms with Crippen molar-refractivity contribution >= 4 is 34.9 Å². The van der Waals surface area contributed by atoms with Crippen molar-refractivity contribution in [1.82, 2.24) is 10.3 Å². The molecule has 1 aliphatic carbocycles. The van der Waals surface area contributed by atoms with E-state index in [1.54, 1.807) is 24.0 Å². The number of thioether (sulfide) groups is 1. The van der Waals surface area contributed by atoms with Crippen LogP contribution in [0, 0.1) is 5.82 Å². The van der Waals surface area contributed by atoms with E-state index in [2.05, 4.69) is 40.6 Å². The third-order valence-corrected chi connectivity index (χ3v) is 6.15. The SMILES string of the molecule is CSc1ccc(/C=C2/C(C)=C(CC(=O)NCc3ccccn3)c3cc(F)ccc32)cc1. The Morgan fingerprint density at radius 2 is 1.90 bits per heavy atom. The van der Waals surface area contributed by atoms with E-state index in [0.29, 0.717) is 6.54 Å². The van der Waals surface area contributed by atoms with Crippen molar-refractivity contribution in [3.63, 3.8) is 0 Å². The fourth-order valence-corrected chi connectivity index (χ4v) is 4.17. The first-order valence-corrected chi connectivity index (χ1v) is 11.3. The predicted molar refractivity (Wildman–Crippen MR) is 126 cm³/mol. The molecule has 31 heavy (non-hydrogen) atoms. The van der Waals surface area contributed by atoms with E-state index in [1.165, 1.54) is 17.0 Å². The molecule has 3 nitrogen and oxygen atoms in total. The van der Waals surface area contributed by atoms with E-state index in [9.17, 15) is 9.18 Å². The van der Waals surface area contributed by atoms with E-state index in [-0.39, 0.29) is 18.1 Å². The lowest BCUT2D eigenvalue weighted by molar-refractivity contribution is -0.120. The Kier molecular flexibility index (Phi) is 6.33. The van der Waals surface area contributed by atoms with Crippen molar-refractivity contribution in [3.05, 3.63) is 101 Å².